The molecule has 7 heteroatoms. The first-order chi connectivity index (χ1) is 10.8. The minimum atomic E-state index is -1.53. The number of non-ortho nitro benzene ring substituents is 2. The third-order valence-electron chi connectivity index (χ3n) is 4.32. The third-order valence-corrected chi connectivity index (χ3v) is 4.32. The minimum Gasteiger partial charge on any atom is -0.381 e. The van der Waals surface area contributed by atoms with Gasteiger partial charge in [-0.2, -0.15) is 0 Å². The van der Waals surface area contributed by atoms with Gasteiger partial charge in [0.15, 0.2) is 0 Å². The first-order valence-corrected chi connectivity index (χ1v) is 7.08. The second kappa shape index (κ2) is 5.13. The Labute approximate surface area is 131 Å². The van der Waals surface area contributed by atoms with Crippen LogP contribution in [0.5, 0.6) is 0 Å². The summed E-state index contributed by atoms with van der Waals surface area (Å²) in [4.78, 5) is 21.0. The molecule has 2 aromatic rings. The van der Waals surface area contributed by atoms with Gasteiger partial charge in [0.05, 0.1) is 9.85 Å². The van der Waals surface area contributed by atoms with E-state index in [4.69, 9.17) is 0 Å². The van der Waals surface area contributed by atoms with Crippen LogP contribution in [0.1, 0.15) is 29.2 Å². The highest BCUT2D eigenvalue weighted by molar-refractivity contribution is 5.53. The zero-order chi connectivity index (χ0) is 16.8. The molecule has 7 nitrogen and oxygen atoms in total. The molecule has 118 valence electrons. The molecule has 0 heterocycles. The zero-order valence-electron chi connectivity index (χ0n) is 12.4. The number of nitro benzene ring substituents is 2. The maximum atomic E-state index is 11.0. The summed E-state index contributed by atoms with van der Waals surface area (Å²) in [6, 6.07) is 8.80. The fourth-order valence-corrected chi connectivity index (χ4v) is 3.11. The van der Waals surface area contributed by atoms with E-state index in [1.165, 1.54) is 31.2 Å². The topological polar surface area (TPSA) is 107 Å². The summed E-state index contributed by atoms with van der Waals surface area (Å²) < 4.78 is 0. The monoisotopic (exact) mass is 314 g/mol. The summed E-state index contributed by atoms with van der Waals surface area (Å²) in [5.41, 5.74) is 0.700. The van der Waals surface area contributed by atoms with Crippen molar-refractivity contribution in [1.82, 2.24) is 0 Å². The summed E-state index contributed by atoms with van der Waals surface area (Å²) in [7, 11) is 0. The number of nitro groups is 2. The molecular formula is C16H14N2O5. The van der Waals surface area contributed by atoms with Gasteiger partial charge in [-0.1, -0.05) is 12.1 Å². The molecule has 0 atom stereocenters. The van der Waals surface area contributed by atoms with Crippen LogP contribution in [-0.4, -0.2) is 15.0 Å². The fraction of sp³-hybridized carbons (Fsp3) is 0.250. The highest BCUT2D eigenvalue weighted by atomic mass is 16.6. The molecule has 0 spiro atoms. The zero-order valence-corrected chi connectivity index (χ0v) is 12.4. The lowest BCUT2D eigenvalue weighted by Gasteiger charge is -2.26. The van der Waals surface area contributed by atoms with Gasteiger partial charge in [-0.05, 0) is 42.0 Å². The van der Waals surface area contributed by atoms with Crippen LogP contribution in [0.25, 0.3) is 0 Å². The van der Waals surface area contributed by atoms with Crippen molar-refractivity contribution < 1.29 is 15.0 Å². The average Bonchev–Trinajstić information content (AvgIpc) is 2.62. The van der Waals surface area contributed by atoms with Crippen molar-refractivity contribution in [3.8, 4) is 0 Å². The Kier molecular flexibility index (Phi) is 3.37. The van der Waals surface area contributed by atoms with E-state index in [1.807, 2.05) is 0 Å². The van der Waals surface area contributed by atoms with Crippen LogP contribution in [-0.2, 0) is 18.4 Å². The van der Waals surface area contributed by atoms with E-state index in [-0.39, 0.29) is 11.4 Å². The Hall–Kier alpha value is -2.80. The van der Waals surface area contributed by atoms with E-state index in [0.29, 0.717) is 24.0 Å². The van der Waals surface area contributed by atoms with Gasteiger partial charge in [-0.3, -0.25) is 20.2 Å². The maximum Gasteiger partial charge on any atom is 0.269 e. The number of nitrogens with zero attached hydrogens (tertiary/aromatic N) is 2. The molecule has 0 saturated carbocycles. The van der Waals surface area contributed by atoms with Gasteiger partial charge in [-0.25, -0.2) is 0 Å². The van der Waals surface area contributed by atoms with E-state index < -0.39 is 15.4 Å². The highest BCUT2D eigenvalue weighted by Crippen LogP contribution is 2.40. The van der Waals surface area contributed by atoms with Crippen molar-refractivity contribution in [2.24, 2.45) is 0 Å². The first-order valence-electron chi connectivity index (χ1n) is 7.08. The second-order valence-corrected chi connectivity index (χ2v) is 5.77. The van der Waals surface area contributed by atoms with Crippen molar-refractivity contribution in [3.63, 3.8) is 0 Å². The summed E-state index contributed by atoms with van der Waals surface area (Å²) in [6.07, 6.45) is 1.21. The summed E-state index contributed by atoms with van der Waals surface area (Å²) in [5.74, 6) is 0. The molecule has 0 saturated heterocycles. The Morgan fingerprint density at radius 3 is 1.65 bits per heavy atom. The number of aliphatic hydroxyl groups is 1. The Morgan fingerprint density at radius 2 is 1.30 bits per heavy atom. The van der Waals surface area contributed by atoms with E-state index in [1.54, 1.807) is 12.1 Å². The van der Waals surface area contributed by atoms with Gasteiger partial charge in [0, 0.05) is 24.3 Å². The van der Waals surface area contributed by atoms with Gasteiger partial charge in [0.1, 0.15) is 5.60 Å². The molecule has 0 unspecified atom stereocenters. The average molecular weight is 314 g/mol. The van der Waals surface area contributed by atoms with Crippen LogP contribution in [0.3, 0.4) is 0 Å². The summed E-state index contributed by atoms with van der Waals surface area (Å²) in [5, 5.41) is 33.0. The normalized spacial score (nSPS) is 15.2. The highest BCUT2D eigenvalue weighted by Gasteiger charge is 2.35. The Balaban J connectivity index is 2.24. The van der Waals surface area contributed by atoms with Crippen molar-refractivity contribution in [2.45, 2.75) is 25.4 Å². The molecule has 0 bridgehead atoms. The second-order valence-electron chi connectivity index (χ2n) is 5.77. The predicted molar refractivity (Wildman–Crippen MR) is 82.3 cm³/mol. The molecule has 23 heavy (non-hydrogen) atoms. The lowest BCUT2D eigenvalue weighted by atomic mass is 9.84. The van der Waals surface area contributed by atoms with Crippen LogP contribution in [0.15, 0.2) is 36.4 Å². The van der Waals surface area contributed by atoms with Crippen LogP contribution >= 0.6 is 0 Å². The van der Waals surface area contributed by atoms with Crippen molar-refractivity contribution >= 4 is 11.4 Å². The van der Waals surface area contributed by atoms with Gasteiger partial charge < -0.3 is 5.11 Å². The van der Waals surface area contributed by atoms with E-state index in [0.717, 1.165) is 11.1 Å². The number of benzene rings is 2. The molecule has 1 aliphatic carbocycles. The molecule has 0 fully saturated rings. The summed E-state index contributed by atoms with van der Waals surface area (Å²) >= 11 is 0. The van der Waals surface area contributed by atoms with E-state index in [9.17, 15) is 25.3 Å². The largest absolute Gasteiger partial charge is 0.381 e. The predicted octanol–water partition coefficient (Wildman–Crippen LogP) is 2.86. The number of aryl methyl sites for hydroxylation is 2. The van der Waals surface area contributed by atoms with Gasteiger partial charge in [0.2, 0.25) is 0 Å². The van der Waals surface area contributed by atoms with E-state index >= 15 is 0 Å². The van der Waals surface area contributed by atoms with Crippen molar-refractivity contribution in [1.29, 1.82) is 0 Å². The number of fused-ring (bicyclic) bond motifs is 2. The Bertz CT molecular complexity index is 762. The third kappa shape index (κ3) is 2.44. The van der Waals surface area contributed by atoms with Crippen LogP contribution in [0, 0.1) is 20.2 Å². The number of rotatable bonds is 2. The number of hydrogen-bond acceptors (Lipinski definition) is 5. The molecule has 1 aliphatic rings. The van der Waals surface area contributed by atoms with Crippen molar-refractivity contribution in [2.75, 3.05) is 0 Å². The summed E-state index contributed by atoms with van der Waals surface area (Å²) in [6.45, 7) is 1.52. The quantitative estimate of drug-likeness (QED) is 0.677. The molecule has 2 aromatic carbocycles. The van der Waals surface area contributed by atoms with Crippen LogP contribution < -0.4 is 0 Å². The lowest BCUT2D eigenvalue weighted by molar-refractivity contribution is -0.385. The first kappa shape index (κ1) is 15.1. The van der Waals surface area contributed by atoms with Crippen molar-refractivity contribution in [3.05, 3.63) is 78.9 Å². The molecule has 3 rings (SSSR count). The molecule has 0 amide bonds. The lowest BCUT2D eigenvalue weighted by Crippen LogP contribution is -2.24. The van der Waals surface area contributed by atoms with Crippen LogP contribution in [0.2, 0.25) is 0 Å². The molecule has 1 N–H and O–H groups in total. The smallest absolute Gasteiger partial charge is 0.269 e. The van der Waals surface area contributed by atoms with Gasteiger partial charge >= 0.3 is 0 Å². The molecule has 0 aliphatic heterocycles. The SMILES string of the molecule is CC1(O)c2cc([N+](=O)[O-])ccc2CCc2ccc([N+](=O)[O-])cc21. The fourth-order valence-electron chi connectivity index (χ4n) is 3.11. The number of hydrogen-bond donors (Lipinski definition) is 1. The van der Waals surface area contributed by atoms with E-state index in [2.05, 4.69) is 0 Å². The Morgan fingerprint density at radius 1 is 0.913 bits per heavy atom. The molecular weight excluding hydrogens is 300 g/mol. The maximum absolute atomic E-state index is 11.0. The molecule has 0 aromatic heterocycles. The van der Waals surface area contributed by atoms with Crippen LogP contribution in [0.4, 0.5) is 11.4 Å². The molecule has 0 radical (unpaired) electrons. The van der Waals surface area contributed by atoms with Gasteiger partial charge in [-0.15, -0.1) is 0 Å². The van der Waals surface area contributed by atoms with Gasteiger partial charge in [0.25, 0.3) is 11.4 Å². The minimum absolute atomic E-state index is 0.113. The standard InChI is InChI=1S/C16H14N2O5/c1-16(19)14-8-12(17(20)21)6-4-10(14)2-3-11-5-7-13(18(22)23)9-15(11)16/h4-9,19H,2-3H2,1H3.